The molecular formula is C17H24F2N2O2. The molecule has 1 heterocycles. The van der Waals surface area contributed by atoms with Gasteiger partial charge < -0.3 is 10.1 Å². The zero-order valence-electron chi connectivity index (χ0n) is 13.9. The van der Waals surface area contributed by atoms with Gasteiger partial charge in [0.15, 0.2) is 0 Å². The molecule has 0 aromatic heterocycles. The molecule has 0 aliphatic carbocycles. The van der Waals surface area contributed by atoms with Gasteiger partial charge in [-0.05, 0) is 39.7 Å². The number of hydrogen-bond acceptors (Lipinski definition) is 3. The number of ether oxygens (including phenoxy) is 1. The van der Waals surface area contributed by atoms with Crippen molar-refractivity contribution < 1.29 is 18.3 Å². The zero-order valence-corrected chi connectivity index (χ0v) is 13.9. The number of nitrogens with zero attached hydrogens (tertiary/aromatic N) is 1. The summed E-state index contributed by atoms with van der Waals surface area (Å²) in [5.74, 6) is -1.08. The van der Waals surface area contributed by atoms with Crippen molar-refractivity contribution in [1.82, 2.24) is 10.2 Å². The predicted molar refractivity (Wildman–Crippen MR) is 84.0 cm³/mol. The average molecular weight is 326 g/mol. The number of likely N-dealkylation sites (tertiary alicyclic amines) is 1. The Bertz CT molecular complexity index is 550. The summed E-state index contributed by atoms with van der Waals surface area (Å²) in [6.07, 6.45) is 1.16. The van der Waals surface area contributed by atoms with E-state index >= 15 is 0 Å². The Balaban J connectivity index is 1.79. The molecule has 0 radical (unpaired) electrons. The number of carbonyl (C=O) groups excluding carboxylic acids is 1. The summed E-state index contributed by atoms with van der Waals surface area (Å²) in [6, 6.07) is 3.73. The molecule has 1 N–H and O–H groups in total. The minimum absolute atomic E-state index is 0.0687. The van der Waals surface area contributed by atoms with Crippen LogP contribution in [0.15, 0.2) is 18.2 Å². The van der Waals surface area contributed by atoms with Crippen LogP contribution in [0.2, 0.25) is 0 Å². The summed E-state index contributed by atoms with van der Waals surface area (Å²) in [5.41, 5.74) is -0.0183. The molecule has 2 rings (SSSR count). The van der Waals surface area contributed by atoms with Gasteiger partial charge in [0.2, 0.25) is 0 Å². The van der Waals surface area contributed by atoms with Crippen LogP contribution in [-0.2, 0) is 11.3 Å². The monoisotopic (exact) mass is 326 g/mol. The van der Waals surface area contributed by atoms with Gasteiger partial charge in [-0.1, -0.05) is 6.07 Å². The summed E-state index contributed by atoms with van der Waals surface area (Å²) in [5, 5.41) is 2.87. The highest BCUT2D eigenvalue weighted by molar-refractivity contribution is 5.68. The number of alkyl carbamates (subject to hydrolysis) is 1. The Hall–Kier alpha value is -1.69. The van der Waals surface area contributed by atoms with Crippen LogP contribution in [0.1, 0.15) is 39.2 Å². The molecule has 0 bridgehead atoms. The molecule has 6 heteroatoms. The number of nitrogens with one attached hydrogen (secondary N) is 1. The summed E-state index contributed by atoms with van der Waals surface area (Å²) in [4.78, 5) is 13.8. The third kappa shape index (κ3) is 5.78. The van der Waals surface area contributed by atoms with Crippen LogP contribution in [-0.4, -0.2) is 35.7 Å². The van der Waals surface area contributed by atoms with E-state index in [0.717, 1.165) is 32.0 Å². The maximum Gasteiger partial charge on any atom is 0.407 e. The van der Waals surface area contributed by atoms with E-state index in [1.807, 2.05) is 20.8 Å². The lowest BCUT2D eigenvalue weighted by Crippen LogP contribution is -2.45. The van der Waals surface area contributed by atoms with Gasteiger partial charge in [0, 0.05) is 37.3 Å². The molecule has 23 heavy (non-hydrogen) atoms. The molecule has 128 valence electrons. The summed E-state index contributed by atoms with van der Waals surface area (Å²) in [6.45, 7) is 7.42. The quantitative estimate of drug-likeness (QED) is 0.925. The highest BCUT2D eigenvalue weighted by Crippen LogP contribution is 2.17. The Labute approximate surface area is 135 Å². The first kappa shape index (κ1) is 17.7. The number of halogens is 2. The van der Waals surface area contributed by atoms with Crippen LogP contribution in [0.25, 0.3) is 0 Å². The second-order valence-electron chi connectivity index (χ2n) is 6.93. The predicted octanol–water partition coefficient (Wildman–Crippen LogP) is 3.45. The fraction of sp³-hybridized carbons (Fsp3) is 0.588. The van der Waals surface area contributed by atoms with Gasteiger partial charge >= 0.3 is 6.09 Å². The first-order chi connectivity index (χ1) is 10.7. The van der Waals surface area contributed by atoms with Crippen molar-refractivity contribution in [3.05, 3.63) is 35.4 Å². The Morgan fingerprint density at radius 1 is 1.30 bits per heavy atom. The van der Waals surface area contributed by atoms with Gasteiger partial charge in [-0.25, -0.2) is 13.6 Å². The summed E-state index contributed by atoms with van der Waals surface area (Å²) < 4.78 is 31.8. The standard InChI is InChI=1S/C17H24F2N2O2/c1-17(2,3)23-16(22)20-14-6-8-21(9-7-14)11-12-4-5-13(18)10-15(12)19/h4-5,10,14H,6-9,11H2,1-3H3,(H,20,22). The summed E-state index contributed by atoms with van der Waals surface area (Å²) in [7, 11) is 0. The molecule has 1 fully saturated rings. The number of piperidine rings is 1. The van der Waals surface area contributed by atoms with E-state index in [0.29, 0.717) is 12.1 Å². The van der Waals surface area contributed by atoms with Crippen molar-refractivity contribution in [2.24, 2.45) is 0 Å². The third-order valence-corrected chi connectivity index (χ3v) is 3.72. The number of amides is 1. The highest BCUT2D eigenvalue weighted by atomic mass is 19.1. The van der Waals surface area contributed by atoms with Gasteiger partial charge in [-0.3, -0.25) is 4.90 Å². The van der Waals surface area contributed by atoms with E-state index in [9.17, 15) is 13.6 Å². The third-order valence-electron chi connectivity index (χ3n) is 3.72. The maximum absolute atomic E-state index is 13.7. The lowest BCUT2D eigenvalue weighted by Gasteiger charge is -2.32. The normalized spacial score (nSPS) is 17.1. The van der Waals surface area contributed by atoms with Gasteiger partial charge in [-0.15, -0.1) is 0 Å². The smallest absolute Gasteiger partial charge is 0.407 e. The van der Waals surface area contributed by atoms with Crippen molar-refractivity contribution in [3.8, 4) is 0 Å². The second kappa shape index (κ2) is 7.25. The fourth-order valence-corrected chi connectivity index (χ4v) is 2.60. The topological polar surface area (TPSA) is 41.6 Å². The maximum atomic E-state index is 13.7. The summed E-state index contributed by atoms with van der Waals surface area (Å²) >= 11 is 0. The average Bonchev–Trinajstić information content (AvgIpc) is 2.42. The van der Waals surface area contributed by atoms with Gasteiger partial charge in [0.1, 0.15) is 17.2 Å². The molecule has 1 amide bonds. The molecule has 0 unspecified atom stereocenters. The first-order valence-electron chi connectivity index (χ1n) is 7.89. The van der Waals surface area contributed by atoms with Crippen molar-refractivity contribution in [2.45, 2.75) is 51.8 Å². The van der Waals surface area contributed by atoms with Crippen LogP contribution in [0, 0.1) is 11.6 Å². The molecule has 1 aromatic rings. The van der Waals surface area contributed by atoms with Crippen LogP contribution in [0.5, 0.6) is 0 Å². The Morgan fingerprint density at radius 2 is 1.96 bits per heavy atom. The highest BCUT2D eigenvalue weighted by Gasteiger charge is 2.24. The minimum Gasteiger partial charge on any atom is -0.444 e. The van der Waals surface area contributed by atoms with Gasteiger partial charge in [-0.2, -0.15) is 0 Å². The van der Waals surface area contributed by atoms with Gasteiger partial charge in [0.05, 0.1) is 0 Å². The second-order valence-corrected chi connectivity index (χ2v) is 6.93. The number of rotatable bonds is 3. The molecule has 0 atom stereocenters. The molecule has 0 spiro atoms. The Kier molecular flexibility index (Phi) is 5.57. The zero-order chi connectivity index (χ0) is 17.0. The number of carbonyl (C=O) groups is 1. The molecule has 1 aliphatic rings. The van der Waals surface area contributed by atoms with E-state index in [2.05, 4.69) is 10.2 Å². The first-order valence-corrected chi connectivity index (χ1v) is 7.89. The van der Waals surface area contributed by atoms with Gasteiger partial charge in [0.25, 0.3) is 0 Å². The van der Waals surface area contributed by atoms with Crippen molar-refractivity contribution in [3.63, 3.8) is 0 Å². The Morgan fingerprint density at radius 3 is 2.52 bits per heavy atom. The molecule has 1 saturated heterocycles. The lowest BCUT2D eigenvalue weighted by atomic mass is 10.0. The number of benzene rings is 1. The molecule has 1 aromatic carbocycles. The van der Waals surface area contributed by atoms with Crippen LogP contribution < -0.4 is 5.32 Å². The molecule has 0 saturated carbocycles. The van der Waals surface area contributed by atoms with Crippen LogP contribution >= 0.6 is 0 Å². The molecule has 4 nitrogen and oxygen atoms in total. The molecule has 1 aliphatic heterocycles. The van der Waals surface area contributed by atoms with Crippen LogP contribution in [0.4, 0.5) is 13.6 Å². The van der Waals surface area contributed by atoms with Crippen molar-refractivity contribution in [2.75, 3.05) is 13.1 Å². The molecular weight excluding hydrogens is 302 g/mol. The van der Waals surface area contributed by atoms with E-state index in [-0.39, 0.29) is 6.04 Å². The number of hydrogen-bond donors (Lipinski definition) is 1. The lowest BCUT2D eigenvalue weighted by molar-refractivity contribution is 0.0477. The largest absolute Gasteiger partial charge is 0.444 e. The SMILES string of the molecule is CC(C)(C)OC(=O)NC1CCN(Cc2ccc(F)cc2F)CC1. The van der Waals surface area contributed by atoms with Crippen molar-refractivity contribution >= 4 is 6.09 Å². The van der Waals surface area contributed by atoms with E-state index < -0.39 is 23.3 Å². The van der Waals surface area contributed by atoms with E-state index in [4.69, 9.17) is 4.74 Å². The van der Waals surface area contributed by atoms with E-state index in [1.165, 1.54) is 12.1 Å². The minimum atomic E-state index is -0.563. The van der Waals surface area contributed by atoms with Crippen LogP contribution in [0.3, 0.4) is 0 Å². The van der Waals surface area contributed by atoms with E-state index in [1.54, 1.807) is 0 Å². The fourth-order valence-electron chi connectivity index (χ4n) is 2.60. The van der Waals surface area contributed by atoms with Crippen molar-refractivity contribution in [1.29, 1.82) is 0 Å².